The van der Waals surface area contributed by atoms with Crippen molar-refractivity contribution in [2.24, 2.45) is 21.6 Å². The number of nitriles is 2. The van der Waals surface area contributed by atoms with Gasteiger partial charge in [0.2, 0.25) is 5.06 Å². The molecule has 0 unspecified atom stereocenters. The second kappa shape index (κ2) is 4.55. The van der Waals surface area contributed by atoms with Crippen LogP contribution in [0.15, 0.2) is 23.2 Å². The quantitative estimate of drug-likeness (QED) is 0.826. The maximum Gasteiger partial charge on any atom is 0.230 e. The van der Waals surface area contributed by atoms with Crippen LogP contribution in [-0.2, 0) is 4.74 Å². The number of thioether (sulfide) groups is 1. The van der Waals surface area contributed by atoms with E-state index < -0.39 is 21.8 Å². The Bertz CT molecular complexity index is 819. The average Bonchev–Trinajstić information content (AvgIpc) is 2.77. The van der Waals surface area contributed by atoms with Crippen LogP contribution in [0.25, 0.3) is 0 Å². The Labute approximate surface area is 147 Å². The summed E-state index contributed by atoms with van der Waals surface area (Å²) in [6.45, 7) is 0.454. The zero-order chi connectivity index (χ0) is 16.5. The molecule has 116 valence electrons. The monoisotopic (exact) mass is 364 g/mol. The number of nitrogens with two attached hydrogens (primary N) is 1. The highest BCUT2D eigenvalue weighted by molar-refractivity contribution is 8.00. The van der Waals surface area contributed by atoms with E-state index in [4.69, 9.17) is 33.7 Å². The highest BCUT2D eigenvalue weighted by atomic mass is 35.5. The van der Waals surface area contributed by atoms with Gasteiger partial charge >= 0.3 is 0 Å². The van der Waals surface area contributed by atoms with Crippen molar-refractivity contribution in [1.29, 1.82) is 10.5 Å². The van der Waals surface area contributed by atoms with E-state index in [-0.39, 0.29) is 5.84 Å². The van der Waals surface area contributed by atoms with Crippen molar-refractivity contribution in [1.82, 2.24) is 0 Å². The number of hydrogen-bond donors (Lipinski definition) is 1. The lowest BCUT2D eigenvalue weighted by atomic mass is 9.95. The van der Waals surface area contributed by atoms with Crippen LogP contribution in [0.1, 0.15) is 11.5 Å². The topological polar surface area (TPSA) is 95.2 Å². The molecular formula is C15H10Cl2N4OS. The van der Waals surface area contributed by atoms with E-state index in [1.807, 2.05) is 0 Å². The van der Waals surface area contributed by atoms with Crippen LogP contribution in [0.5, 0.6) is 0 Å². The maximum absolute atomic E-state index is 10.0. The average molecular weight is 365 g/mol. The summed E-state index contributed by atoms with van der Waals surface area (Å²) in [6, 6.07) is 9.61. The summed E-state index contributed by atoms with van der Waals surface area (Å²) in [6.07, 6.45) is 0. The Kier molecular flexibility index (Phi) is 2.99. The van der Waals surface area contributed by atoms with Gasteiger partial charge in [0.15, 0.2) is 5.41 Å². The molecule has 1 aromatic rings. The Balaban J connectivity index is 2.00. The number of fused-ring (bicyclic) bond motifs is 2. The molecule has 4 rings (SSSR count). The first-order chi connectivity index (χ1) is 11.0. The molecule has 8 heteroatoms. The molecular weight excluding hydrogens is 355 g/mol. The van der Waals surface area contributed by atoms with E-state index >= 15 is 0 Å². The van der Waals surface area contributed by atoms with Gasteiger partial charge in [0, 0.05) is 21.7 Å². The minimum Gasteiger partial charge on any atom is -0.386 e. The van der Waals surface area contributed by atoms with E-state index in [0.29, 0.717) is 28.0 Å². The second-order valence-corrected chi connectivity index (χ2v) is 7.75. The molecule has 0 amide bonds. The third kappa shape index (κ3) is 1.42. The summed E-state index contributed by atoms with van der Waals surface area (Å²) in [7, 11) is 0. The molecule has 23 heavy (non-hydrogen) atoms. The molecule has 1 aliphatic carbocycles. The van der Waals surface area contributed by atoms with Gasteiger partial charge in [-0.25, -0.2) is 4.99 Å². The first-order valence-electron chi connectivity index (χ1n) is 6.91. The van der Waals surface area contributed by atoms with Gasteiger partial charge in [0.1, 0.15) is 11.3 Å². The van der Waals surface area contributed by atoms with Crippen molar-refractivity contribution < 1.29 is 4.74 Å². The SMILES string of the molecule is N#C[C@@]12[C@H](c3c(Cl)cccc3Cl)[C@]1(C#N)C(N)=N[C@@]21OCCS1. The van der Waals surface area contributed by atoms with Crippen molar-refractivity contribution in [2.45, 2.75) is 11.0 Å². The molecule has 3 aliphatic rings. The van der Waals surface area contributed by atoms with E-state index in [1.165, 1.54) is 11.8 Å². The van der Waals surface area contributed by atoms with Crippen LogP contribution in [0.4, 0.5) is 0 Å². The summed E-state index contributed by atoms with van der Waals surface area (Å²) in [5, 5.41) is 19.5. The molecule has 1 aromatic carbocycles. The van der Waals surface area contributed by atoms with Crippen molar-refractivity contribution in [3.8, 4) is 12.1 Å². The fourth-order valence-corrected chi connectivity index (χ4v) is 5.88. The molecule has 2 fully saturated rings. The van der Waals surface area contributed by atoms with Crippen molar-refractivity contribution in [2.75, 3.05) is 12.4 Å². The Morgan fingerprint density at radius 3 is 2.52 bits per heavy atom. The van der Waals surface area contributed by atoms with Crippen molar-refractivity contribution in [3.05, 3.63) is 33.8 Å². The van der Waals surface area contributed by atoms with E-state index in [1.54, 1.807) is 18.2 Å². The lowest BCUT2D eigenvalue weighted by Crippen LogP contribution is -2.34. The molecule has 1 saturated carbocycles. The van der Waals surface area contributed by atoms with Crippen LogP contribution in [0.3, 0.4) is 0 Å². The maximum atomic E-state index is 10.0. The zero-order valence-corrected chi connectivity index (χ0v) is 14.0. The standard InChI is InChI=1S/C15H10Cl2N4OS/c16-8-2-1-3-9(17)10(8)11-13(6-18)12(20)21-15(14(11,13)7-19)22-4-5-23-15/h1-3,11H,4-5H2,(H2,20,21)/t11-,13-,14-,15-/m1/s1. The van der Waals surface area contributed by atoms with Gasteiger partial charge < -0.3 is 10.5 Å². The highest BCUT2D eigenvalue weighted by Gasteiger charge is 2.93. The van der Waals surface area contributed by atoms with E-state index in [2.05, 4.69) is 17.1 Å². The molecule has 0 bridgehead atoms. The van der Waals surface area contributed by atoms with Crippen LogP contribution in [0.2, 0.25) is 10.0 Å². The fourth-order valence-electron chi connectivity index (χ4n) is 3.94. The summed E-state index contributed by atoms with van der Waals surface area (Å²) in [5.74, 6) is 0.247. The van der Waals surface area contributed by atoms with Gasteiger partial charge in [-0.3, -0.25) is 0 Å². The van der Waals surface area contributed by atoms with Crippen LogP contribution < -0.4 is 5.73 Å². The fraction of sp³-hybridized carbons (Fsp3) is 0.400. The van der Waals surface area contributed by atoms with E-state index in [0.717, 1.165) is 0 Å². The van der Waals surface area contributed by atoms with Gasteiger partial charge in [-0.15, -0.1) is 0 Å². The van der Waals surface area contributed by atoms with Crippen LogP contribution in [0, 0.1) is 33.5 Å². The number of benzene rings is 1. The van der Waals surface area contributed by atoms with Crippen molar-refractivity contribution in [3.63, 3.8) is 0 Å². The Morgan fingerprint density at radius 1 is 1.30 bits per heavy atom. The minimum absolute atomic E-state index is 0.122. The second-order valence-electron chi connectivity index (χ2n) is 5.68. The molecule has 4 atom stereocenters. The van der Waals surface area contributed by atoms with Crippen molar-refractivity contribution >= 4 is 40.8 Å². The first-order valence-corrected chi connectivity index (χ1v) is 8.65. The normalized spacial score (nSPS) is 40.3. The molecule has 2 aliphatic heterocycles. The molecule has 1 saturated heterocycles. The van der Waals surface area contributed by atoms with Crippen LogP contribution in [-0.4, -0.2) is 23.3 Å². The molecule has 2 N–H and O–H groups in total. The number of rotatable bonds is 1. The Morgan fingerprint density at radius 2 is 2.00 bits per heavy atom. The van der Waals surface area contributed by atoms with Crippen LogP contribution >= 0.6 is 35.0 Å². The third-order valence-corrected chi connectivity index (χ3v) is 6.85. The van der Waals surface area contributed by atoms with Gasteiger partial charge in [-0.2, -0.15) is 10.5 Å². The number of nitrogens with zero attached hydrogens (tertiary/aromatic N) is 3. The largest absolute Gasteiger partial charge is 0.386 e. The van der Waals surface area contributed by atoms with E-state index in [9.17, 15) is 10.5 Å². The zero-order valence-electron chi connectivity index (χ0n) is 11.7. The lowest BCUT2D eigenvalue weighted by molar-refractivity contribution is 0.0200. The lowest BCUT2D eigenvalue weighted by Gasteiger charge is -2.26. The molecule has 0 radical (unpaired) electrons. The predicted octanol–water partition coefficient (Wildman–Crippen LogP) is 2.90. The molecule has 1 spiro atoms. The smallest absolute Gasteiger partial charge is 0.230 e. The van der Waals surface area contributed by atoms with Gasteiger partial charge in [0.25, 0.3) is 0 Å². The predicted molar refractivity (Wildman–Crippen MR) is 88.1 cm³/mol. The molecule has 5 nitrogen and oxygen atoms in total. The number of ether oxygens (including phenoxy) is 1. The summed E-state index contributed by atoms with van der Waals surface area (Å²) in [4.78, 5) is 4.38. The number of amidine groups is 1. The highest BCUT2D eigenvalue weighted by Crippen LogP contribution is 2.84. The summed E-state index contributed by atoms with van der Waals surface area (Å²) < 4.78 is 5.81. The Hall–Kier alpha value is -1.44. The number of aliphatic imine (C=N–C) groups is 1. The summed E-state index contributed by atoms with van der Waals surface area (Å²) in [5.41, 5.74) is 4.20. The summed E-state index contributed by atoms with van der Waals surface area (Å²) >= 11 is 14.1. The molecule has 0 aromatic heterocycles. The van der Waals surface area contributed by atoms with Gasteiger partial charge in [0.05, 0.1) is 18.7 Å². The number of hydrogen-bond acceptors (Lipinski definition) is 6. The third-order valence-electron chi connectivity index (χ3n) is 4.89. The minimum atomic E-state index is -1.26. The number of halogens is 2. The first kappa shape index (κ1) is 15.1. The molecule has 2 heterocycles. The van der Waals surface area contributed by atoms with Gasteiger partial charge in [-0.05, 0) is 17.7 Å². The van der Waals surface area contributed by atoms with Gasteiger partial charge in [-0.1, -0.05) is 41.0 Å².